The van der Waals surface area contributed by atoms with Gasteiger partial charge < -0.3 is 4.42 Å². The van der Waals surface area contributed by atoms with E-state index >= 15 is 0 Å². The lowest BCUT2D eigenvalue weighted by atomic mass is 9.89. The van der Waals surface area contributed by atoms with Crippen molar-refractivity contribution in [1.82, 2.24) is 9.55 Å². The van der Waals surface area contributed by atoms with Crippen LogP contribution in [0.1, 0.15) is 17.7 Å². The summed E-state index contributed by atoms with van der Waals surface area (Å²) in [5.41, 5.74) is 8.07. The Morgan fingerprint density at radius 3 is 2.33 bits per heavy atom. The normalized spacial score (nSPS) is 13.7. The second-order valence-corrected chi connectivity index (χ2v) is 11.5. The van der Waals surface area contributed by atoms with Gasteiger partial charge in [0.1, 0.15) is 17.0 Å². The number of nitrogens with zero attached hydrogens (tertiary/aromatic N) is 2. The molecule has 0 saturated carbocycles. The molecule has 196 valence electrons. The largest absolute Gasteiger partial charge is 0.456 e. The molecule has 3 heterocycles. The van der Waals surface area contributed by atoms with Crippen LogP contribution in [0, 0.1) is 0 Å². The van der Waals surface area contributed by atoms with E-state index in [0.717, 1.165) is 29.8 Å². The molecule has 0 atom stereocenters. The van der Waals surface area contributed by atoms with Gasteiger partial charge in [-0.2, -0.15) is 0 Å². The Kier molecular flexibility index (Phi) is 4.29. The summed E-state index contributed by atoms with van der Waals surface area (Å²) >= 11 is 0. The molecule has 42 heavy (non-hydrogen) atoms. The number of pyridine rings is 1. The number of furan rings is 1. The van der Waals surface area contributed by atoms with Crippen LogP contribution in [-0.4, -0.2) is 9.55 Å². The topological polar surface area (TPSA) is 31.0 Å². The fourth-order valence-electron chi connectivity index (χ4n) is 7.44. The van der Waals surface area contributed by atoms with Gasteiger partial charge in [-0.15, -0.1) is 0 Å². The number of rotatable bonds is 2. The molecule has 0 spiro atoms. The number of fused-ring (bicyclic) bond motifs is 6. The van der Waals surface area contributed by atoms with Crippen LogP contribution in [0.5, 0.6) is 0 Å². The molecule has 0 aliphatic heterocycles. The summed E-state index contributed by atoms with van der Waals surface area (Å²) in [6.45, 7) is 0. The molecule has 10 rings (SSSR count). The second-order valence-electron chi connectivity index (χ2n) is 11.5. The van der Waals surface area contributed by atoms with Gasteiger partial charge in [0.25, 0.3) is 0 Å². The van der Waals surface area contributed by atoms with Gasteiger partial charge in [-0.3, -0.25) is 4.57 Å². The van der Waals surface area contributed by atoms with Crippen molar-refractivity contribution in [1.29, 1.82) is 0 Å². The van der Waals surface area contributed by atoms with E-state index in [9.17, 15) is 0 Å². The van der Waals surface area contributed by atoms with Crippen molar-refractivity contribution in [3.63, 3.8) is 0 Å². The summed E-state index contributed by atoms with van der Waals surface area (Å²) in [7, 11) is 0. The van der Waals surface area contributed by atoms with Crippen LogP contribution < -0.4 is 0 Å². The van der Waals surface area contributed by atoms with E-state index in [1.54, 1.807) is 0 Å². The number of aryl methyl sites for hydroxylation is 1. The van der Waals surface area contributed by atoms with Crippen LogP contribution in [0.3, 0.4) is 0 Å². The maximum absolute atomic E-state index is 6.62. The standard InChI is InChI=1S/C39H24N2O/c1-2-9-34-29(7-1)33-8-4-20-40-39(33)41(34)27-15-19-31-30-17-14-26(21-35(30)42-36(31)22-27)28-16-12-25-11-10-23-5-3-6-24-13-18-32(28)38(25)37(23)24/h1-14,16-18,20-22H,15,19H2. The van der Waals surface area contributed by atoms with E-state index in [-0.39, 0.29) is 0 Å². The number of allylic oxidation sites excluding steroid dienone is 1. The van der Waals surface area contributed by atoms with Crippen LogP contribution in [0.4, 0.5) is 0 Å². The van der Waals surface area contributed by atoms with Crippen molar-refractivity contribution in [2.24, 2.45) is 0 Å². The first-order valence-electron chi connectivity index (χ1n) is 14.6. The van der Waals surface area contributed by atoms with Crippen LogP contribution in [-0.2, 0) is 6.42 Å². The average molecular weight is 537 g/mol. The van der Waals surface area contributed by atoms with Gasteiger partial charge in [-0.05, 0) is 80.6 Å². The number of benzene rings is 6. The Labute approximate surface area is 241 Å². The summed E-state index contributed by atoms with van der Waals surface area (Å²) in [6, 6.07) is 39.6. The summed E-state index contributed by atoms with van der Waals surface area (Å²) < 4.78 is 8.94. The quantitative estimate of drug-likeness (QED) is 0.206. The number of hydrogen-bond acceptors (Lipinski definition) is 2. The predicted octanol–water partition coefficient (Wildman–Crippen LogP) is 10.4. The molecule has 3 aromatic heterocycles. The first-order valence-corrected chi connectivity index (χ1v) is 14.6. The molecule has 0 amide bonds. The molecular formula is C39H24N2O. The molecular weight excluding hydrogens is 512 g/mol. The van der Waals surface area contributed by atoms with Gasteiger partial charge in [0.15, 0.2) is 0 Å². The molecule has 1 aliphatic carbocycles. The first-order chi connectivity index (χ1) is 20.8. The zero-order chi connectivity index (χ0) is 27.4. The minimum Gasteiger partial charge on any atom is -0.456 e. The molecule has 9 aromatic rings. The van der Waals surface area contributed by atoms with E-state index in [4.69, 9.17) is 9.40 Å². The highest BCUT2D eigenvalue weighted by atomic mass is 16.3. The Balaban J connectivity index is 1.15. The van der Waals surface area contributed by atoms with Gasteiger partial charge >= 0.3 is 0 Å². The highest BCUT2D eigenvalue weighted by molar-refractivity contribution is 6.25. The van der Waals surface area contributed by atoms with Crippen molar-refractivity contribution in [3.8, 4) is 11.1 Å². The molecule has 1 aliphatic rings. The van der Waals surface area contributed by atoms with Gasteiger partial charge in [0.2, 0.25) is 0 Å². The molecule has 3 heteroatoms. The smallest absolute Gasteiger partial charge is 0.145 e. The van der Waals surface area contributed by atoms with E-state index in [0.29, 0.717) is 0 Å². The van der Waals surface area contributed by atoms with Crippen molar-refractivity contribution >= 4 is 77.0 Å². The highest BCUT2D eigenvalue weighted by Crippen LogP contribution is 2.42. The van der Waals surface area contributed by atoms with Crippen molar-refractivity contribution in [3.05, 3.63) is 127 Å². The molecule has 6 aromatic carbocycles. The van der Waals surface area contributed by atoms with Gasteiger partial charge in [0.05, 0.1) is 5.52 Å². The van der Waals surface area contributed by atoms with E-state index in [2.05, 4.69) is 114 Å². The fraction of sp³-hybridized carbons (Fsp3) is 0.0513. The van der Waals surface area contributed by atoms with E-state index in [1.165, 1.54) is 76.4 Å². The van der Waals surface area contributed by atoms with Gasteiger partial charge in [0, 0.05) is 39.7 Å². The third-order valence-electron chi connectivity index (χ3n) is 9.31. The van der Waals surface area contributed by atoms with Crippen molar-refractivity contribution in [2.45, 2.75) is 12.8 Å². The SMILES string of the molecule is C1=C(n2c3ccccc3c3cccnc32)CCc2c1oc1cc(-c3ccc4ccc5cccc6ccc3c4c56)ccc21. The lowest BCUT2D eigenvalue weighted by Gasteiger charge is -2.16. The molecule has 0 N–H and O–H groups in total. The van der Waals surface area contributed by atoms with Crippen molar-refractivity contribution in [2.75, 3.05) is 0 Å². The maximum Gasteiger partial charge on any atom is 0.145 e. The van der Waals surface area contributed by atoms with E-state index < -0.39 is 0 Å². The third-order valence-corrected chi connectivity index (χ3v) is 9.31. The molecule has 0 bridgehead atoms. The molecule has 0 radical (unpaired) electrons. The average Bonchev–Trinajstić information content (AvgIpc) is 3.58. The van der Waals surface area contributed by atoms with Crippen LogP contribution >= 0.6 is 0 Å². The number of para-hydroxylation sites is 1. The molecule has 3 nitrogen and oxygen atoms in total. The number of aromatic nitrogens is 2. The number of hydrogen-bond donors (Lipinski definition) is 0. The van der Waals surface area contributed by atoms with Crippen LogP contribution in [0.25, 0.3) is 88.1 Å². The monoisotopic (exact) mass is 536 g/mol. The summed E-state index contributed by atoms with van der Waals surface area (Å²) in [5, 5.41) is 11.5. The van der Waals surface area contributed by atoms with Crippen LogP contribution in [0.15, 0.2) is 120 Å². The summed E-state index contributed by atoms with van der Waals surface area (Å²) in [4.78, 5) is 4.78. The Morgan fingerprint density at radius 1 is 0.619 bits per heavy atom. The first kappa shape index (κ1) is 22.3. The summed E-state index contributed by atoms with van der Waals surface area (Å²) in [6.07, 6.45) is 5.99. The zero-order valence-electron chi connectivity index (χ0n) is 22.8. The Morgan fingerprint density at radius 2 is 1.40 bits per heavy atom. The zero-order valence-corrected chi connectivity index (χ0v) is 22.8. The minimum atomic E-state index is 0.933. The van der Waals surface area contributed by atoms with Gasteiger partial charge in [-0.25, -0.2) is 4.98 Å². The van der Waals surface area contributed by atoms with E-state index in [1.807, 2.05) is 12.3 Å². The fourth-order valence-corrected chi connectivity index (χ4v) is 7.44. The third kappa shape index (κ3) is 2.92. The maximum atomic E-state index is 6.62. The minimum absolute atomic E-state index is 0.933. The Hall–Kier alpha value is -5.41. The molecule has 0 saturated heterocycles. The lowest BCUT2D eigenvalue weighted by Crippen LogP contribution is -2.04. The summed E-state index contributed by atoms with van der Waals surface area (Å²) in [5.74, 6) is 0.959. The molecule has 0 unspecified atom stereocenters. The van der Waals surface area contributed by atoms with Crippen molar-refractivity contribution < 1.29 is 4.42 Å². The molecule has 0 fully saturated rings. The lowest BCUT2D eigenvalue weighted by molar-refractivity contribution is 0.595. The Bertz CT molecular complexity index is 2510. The van der Waals surface area contributed by atoms with Crippen LogP contribution in [0.2, 0.25) is 0 Å². The predicted molar refractivity (Wildman–Crippen MR) is 175 cm³/mol. The van der Waals surface area contributed by atoms with Gasteiger partial charge in [-0.1, -0.05) is 84.9 Å². The highest BCUT2D eigenvalue weighted by Gasteiger charge is 2.22. The second kappa shape index (κ2) is 8.08.